The van der Waals surface area contributed by atoms with E-state index in [1.807, 2.05) is 18.2 Å². The summed E-state index contributed by atoms with van der Waals surface area (Å²) in [6, 6.07) is 5.54. The SMILES string of the molecule is CNC(=O)NC(=O)[C@H](C)Sc1nnc(Nc2ccc(C)c(C)c2)s1. The molecule has 0 aliphatic carbocycles. The molecular formula is C15H19N5O2S2. The van der Waals surface area contributed by atoms with Crippen molar-refractivity contribution in [2.75, 3.05) is 12.4 Å². The van der Waals surface area contributed by atoms with Gasteiger partial charge >= 0.3 is 6.03 Å². The summed E-state index contributed by atoms with van der Waals surface area (Å²) in [5, 5.41) is 16.1. The van der Waals surface area contributed by atoms with E-state index in [0.717, 1.165) is 5.69 Å². The van der Waals surface area contributed by atoms with E-state index in [4.69, 9.17) is 0 Å². The minimum atomic E-state index is -0.526. The molecule has 1 heterocycles. The molecule has 0 saturated heterocycles. The highest BCUT2D eigenvalue weighted by Gasteiger charge is 2.18. The monoisotopic (exact) mass is 365 g/mol. The van der Waals surface area contributed by atoms with Crippen LogP contribution in [0.1, 0.15) is 18.1 Å². The van der Waals surface area contributed by atoms with E-state index in [9.17, 15) is 9.59 Å². The fraction of sp³-hybridized carbons (Fsp3) is 0.333. The number of nitrogens with zero attached hydrogens (tertiary/aromatic N) is 2. The first-order valence-corrected chi connectivity index (χ1v) is 8.95. The summed E-state index contributed by atoms with van der Waals surface area (Å²) in [6.45, 7) is 5.82. The van der Waals surface area contributed by atoms with Crippen molar-refractivity contribution in [3.05, 3.63) is 29.3 Å². The van der Waals surface area contributed by atoms with E-state index in [1.165, 1.54) is 41.3 Å². The van der Waals surface area contributed by atoms with Crippen LogP contribution in [-0.2, 0) is 4.79 Å². The van der Waals surface area contributed by atoms with Crippen LogP contribution in [0, 0.1) is 13.8 Å². The van der Waals surface area contributed by atoms with Crippen molar-refractivity contribution in [2.45, 2.75) is 30.4 Å². The third-order valence-electron chi connectivity index (χ3n) is 3.28. The fourth-order valence-electron chi connectivity index (χ4n) is 1.73. The third-order valence-corrected chi connectivity index (χ3v) is 5.30. The predicted molar refractivity (Wildman–Crippen MR) is 97.0 cm³/mol. The molecule has 0 fully saturated rings. The summed E-state index contributed by atoms with van der Waals surface area (Å²) >= 11 is 2.61. The van der Waals surface area contributed by atoms with Crippen molar-refractivity contribution in [3.63, 3.8) is 0 Å². The first-order valence-electron chi connectivity index (χ1n) is 7.26. The quantitative estimate of drug-likeness (QED) is 0.705. The van der Waals surface area contributed by atoms with Gasteiger partial charge in [-0.05, 0) is 44.0 Å². The third kappa shape index (κ3) is 4.93. The minimum Gasteiger partial charge on any atom is -0.341 e. The number of benzene rings is 1. The van der Waals surface area contributed by atoms with Crippen LogP contribution in [0.3, 0.4) is 0 Å². The summed E-state index contributed by atoms with van der Waals surface area (Å²) in [5.41, 5.74) is 3.36. The molecule has 24 heavy (non-hydrogen) atoms. The van der Waals surface area contributed by atoms with Gasteiger partial charge in [-0.2, -0.15) is 0 Å². The van der Waals surface area contributed by atoms with Crippen molar-refractivity contribution >= 4 is 45.9 Å². The standard InChI is InChI=1S/C15H19N5O2S2/c1-8-5-6-11(7-9(8)2)17-14-19-20-15(24-14)23-10(3)12(21)18-13(22)16-4/h5-7,10H,1-4H3,(H,17,19)(H2,16,18,21,22)/t10-/m0/s1. The summed E-state index contributed by atoms with van der Waals surface area (Å²) in [6.07, 6.45) is 0. The zero-order valence-electron chi connectivity index (χ0n) is 13.8. The Labute approximate surface area is 148 Å². The maximum atomic E-state index is 11.8. The normalized spacial score (nSPS) is 11.7. The molecule has 2 aromatic rings. The average molecular weight is 365 g/mol. The van der Waals surface area contributed by atoms with Crippen molar-refractivity contribution < 1.29 is 9.59 Å². The zero-order chi connectivity index (χ0) is 17.7. The van der Waals surface area contributed by atoms with Gasteiger partial charge < -0.3 is 10.6 Å². The van der Waals surface area contributed by atoms with Crippen molar-refractivity contribution in [1.29, 1.82) is 0 Å². The van der Waals surface area contributed by atoms with Gasteiger partial charge in [0.2, 0.25) is 11.0 Å². The number of hydrogen-bond donors (Lipinski definition) is 3. The number of anilines is 2. The van der Waals surface area contributed by atoms with E-state index in [0.29, 0.717) is 9.47 Å². The van der Waals surface area contributed by atoms with E-state index >= 15 is 0 Å². The van der Waals surface area contributed by atoms with Crippen molar-refractivity contribution in [1.82, 2.24) is 20.8 Å². The highest BCUT2D eigenvalue weighted by Crippen LogP contribution is 2.30. The Morgan fingerprint density at radius 1 is 1.21 bits per heavy atom. The summed E-state index contributed by atoms with van der Waals surface area (Å²) in [5.74, 6) is -0.377. The van der Waals surface area contributed by atoms with Crippen LogP contribution in [0.2, 0.25) is 0 Å². The molecule has 2 rings (SSSR count). The predicted octanol–water partition coefficient (Wildman–Crippen LogP) is 2.83. The lowest BCUT2D eigenvalue weighted by Gasteiger charge is -2.08. The number of carbonyl (C=O) groups excluding carboxylic acids is 2. The Hall–Kier alpha value is -2.13. The average Bonchev–Trinajstić information content (AvgIpc) is 2.97. The second-order valence-electron chi connectivity index (χ2n) is 5.13. The first kappa shape index (κ1) is 18.2. The summed E-state index contributed by atoms with van der Waals surface area (Å²) in [7, 11) is 1.45. The molecule has 0 saturated carbocycles. The number of amides is 3. The number of thioether (sulfide) groups is 1. The molecule has 3 N–H and O–H groups in total. The van der Waals surface area contributed by atoms with Gasteiger partial charge in [0.1, 0.15) is 0 Å². The van der Waals surface area contributed by atoms with Crippen LogP contribution in [0.15, 0.2) is 22.5 Å². The van der Waals surface area contributed by atoms with Gasteiger partial charge in [0, 0.05) is 12.7 Å². The van der Waals surface area contributed by atoms with Crippen LogP contribution in [0.4, 0.5) is 15.6 Å². The van der Waals surface area contributed by atoms with Crippen LogP contribution in [0.25, 0.3) is 0 Å². The molecule has 3 amide bonds. The van der Waals surface area contributed by atoms with Gasteiger partial charge in [-0.15, -0.1) is 10.2 Å². The lowest BCUT2D eigenvalue weighted by molar-refractivity contribution is -0.119. The molecule has 1 aromatic carbocycles. The highest BCUT2D eigenvalue weighted by atomic mass is 32.2. The fourth-order valence-corrected chi connectivity index (χ4v) is 3.65. The molecule has 0 bridgehead atoms. The van der Waals surface area contributed by atoms with E-state index in [2.05, 4.69) is 40.0 Å². The summed E-state index contributed by atoms with van der Waals surface area (Å²) in [4.78, 5) is 23.0. The summed E-state index contributed by atoms with van der Waals surface area (Å²) < 4.78 is 0.654. The van der Waals surface area contributed by atoms with Gasteiger partial charge in [0.15, 0.2) is 4.34 Å². The number of aryl methyl sites for hydroxylation is 2. The Morgan fingerprint density at radius 2 is 1.96 bits per heavy atom. The lowest BCUT2D eigenvalue weighted by atomic mass is 10.1. The first-order chi connectivity index (χ1) is 11.4. The Morgan fingerprint density at radius 3 is 2.62 bits per heavy atom. The van der Waals surface area contributed by atoms with E-state index < -0.39 is 11.3 Å². The van der Waals surface area contributed by atoms with Gasteiger partial charge in [-0.25, -0.2) is 4.79 Å². The molecule has 7 nitrogen and oxygen atoms in total. The van der Waals surface area contributed by atoms with Gasteiger partial charge in [0.05, 0.1) is 5.25 Å². The molecule has 128 valence electrons. The van der Waals surface area contributed by atoms with E-state index in [1.54, 1.807) is 6.92 Å². The molecule has 0 radical (unpaired) electrons. The second-order valence-corrected chi connectivity index (χ2v) is 7.69. The molecule has 1 aromatic heterocycles. The number of nitrogens with one attached hydrogen (secondary N) is 3. The minimum absolute atomic E-state index is 0.377. The molecule has 9 heteroatoms. The Balaban J connectivity index is 1.96. The highest BCUT2D eigenvalue weighted by molar-refractivity contribution is 8.02. The van der Waals surface area contributed by atoms with E-state index in [-0.39, 0.29) is 5.91 Å². The molecule has 0 spiro atoms. The van der Waals surface area contributed by atoms with Gasteiger partial charge in [-0.3, -0.25) is 10.1 Å². The molecule has 0 aliphatic heterocycles. The molecule has 1 atom stereocenters. The maximum absolute atomic E-state index is 11.8. The zero-order valence-corrected chi connectivity index (χ0v) is 15.5. The molecular weight excluding hydrogens is 346 g/mol. The Bertz CT molecular complexity index is 747. The van der Waals surface area contributed by atoms with Crippen molar-refractivity contribution in [3.8, 4) is 0 Å². The second kappa shape index (κ2) is 8.11. The largest absolute Gasteiger partial charge is 0.341 e. The van der Waals surface area contributed by atoms with Crippen LogP contribution >= 0.6 is 23.1 Å². The molecule has 0 aliphatic rings. The number of rotatable bonds is 5. The smallest absolute Gasteiger partial charge is 0.321 e. The van der Waals surface area contributed by atoms with Crippen LogP contribution in [-0.4, -0.2) is 34.4 Å². The number of imide groups is 1. The number of carbonyl (C=O) groups is 2. The van der Waals surface area contributed by atoms with Gasteiger partial charge in [0.25, 0.3) is 0 Å². The number of aromatic nitrogens is 2. The van der Waals surface area contributed by atoms with Crippen LogP contribution in [0.5, 0.6) is 0 Å². The van der Waals surface area contributed by atoms with Gasteiger partial charge in [-0.1, -0.05) is 29.2 Å². The Kier molecular flexibility index (Phi) is 6.16. The maximum Gasteiger partial charge on any atom is 0.321 e. The number of hydrogen-bond acceptors (Lipinski definition) is 7. The van der Waals surface area contributed by atoms with Crippen molar-refractivity contribution in [2.24, 2.45) is 0 Å². The lowest BCUT2D eigenvalue weighted by Crippen LogP contribution is -2.41. The van der Waals surface area contributed by atoms with Crippen LogP contribution < -0.4 is 16.0 Å². The topological polar surface area (TPSA) is 96.0 Å². The molecule has 0 unspecified atom stereocenters. The number of urea groups is 1.